The van der Waals surface area contributed by atoms with Crippen LogP contribution in [0.15, 0.2) is 35.8 Å². The second-order valence-electron chi connectivity index (χ2n) is 7.51. The van der Waals surface area contributed by atoms with Gasteiger partial charge in [-0.05, 0) is 30.4 Å². The van der Waals surface area contributed by atoms with Crippen LogP contribution >= 0.6 is 11.3 Å². The second kappa shape index (κ2) is 8.95. The smallest absolute Gasteiger partial charge is 0.226 e. The molecule has 0 saturated carbocycles. The molecule has 1 aromatic carbocycles. The second-order valence-corrected chi connectivity index (χ2v) is 8.49. The summed E-state index contributed by atoms with van der Waals surface area (Å²) in [6.07, 6.45) is 4.65. The van der Waals surface area contributed by atoms with Crippen molar-refractivity contribution in [3.63, 3.8) is 0 Å². The molecule has 1 amide bonds. The zero-order chi connectivity index (χ0) is 18.5. The third-order valence-corrected chi connectivity index (χ3v) is 6.52. The first kappa shape index (κ1) is 18.6. The molecule has 6 heteroatoms. The minimum atomic E-state index is 0.0968. The summed E-state index contributed by atoms with van der Waals surface area (Å²) in [6.45, 7) is 6.16. The summed E-state index contributed by atoms with van der Waals surface area (Å²) in [5.41, 5.74) is 2.75. The molecule has 1 atom stereocenters. The van der Waals surface area contributed by atoms with Crippen LogP contribution in [-0.4, -0.2) is 55.2 Å². The number of aryl methyl sites for hydroxylation is 1. The van der Waals surface area contributed by atoms with Crippen LogP contribution in [0.2, 0.25) is 0 Å². The molecule has 1 aromatic heterocycles. The van der Waals surface area contributed by atoms with E-state index < -0.39 is 0 Å². The Morgan fingerprint density at radius 2 is 2.07 bits per heavy atom. The Kier molecular flexibility index (Phi) is 6.17. The van der Waals surface area contributed by atoms with E-state index in [0.717, 1.165) is 63.7 Å². The van der Waals surface area contributed by atoms with Gasteiger partial charge < -0.3 is 14.5 Å². The highest BCUT2D eigenvalue weighted by molar-refractivity contribution is 7.09. The van der Waals surface area contributed by atoms with Gasteiger partial charge in [0, 0.05) is 17.5 Å². The van der Waals surface area contributed by atoms with Gasteiger partial charge in [-0.3, -0.25) is 4.79 Å². The molecule has 5 nitrogen and oxygen atoms in total. The molecule has 2 heterocycles. The number of nitrogens with one attached hydrogen (secondary N) is 1. The van der Waals surface area contributed by atoms with Crippen molar-refractivity contribution in [2.45, 2.75) is 25.8 Å². The van der Waals surface area contributed by atoms with Gasteiger partial charge in [-0.15, -0.1) is 11.3 Å². The summed E-state index contributed by atoms with van der Waals surface area (Å²) in [6, 6.07) is 8.56. The summed E-state index contributed by atoms with van der Waals surface area (Å²) < 4.78 is 5.46. The van der Waals surface area contributed by atoms with E-state index in [1.54, 1.807) is 11.3 Å². The number of nitrogens with zero attached hydrogens (tertiary/aromatic N) is 2. The fourth-order valence-corrected chi connectivity index (χ4v) is 4.76. The van der Waals surface area contributed by atoms with Gasteiger partial charge in [-0.25, -0.2) is 4.98 Å². The number of benzene rings is 1. The lowest BCUT2D eigenvalue weighted by Crippen LogP contribution is -3.14. The number of carbonyl (C=O) groups is 1. The van der Waals surface area contributed by atoms with E-state index in [-0.39, 0.29) is 5.92 Å². The molecule has 2 aromatic rings. The number of ether oxygens (including phenoxy) is 1. The number of quaternary nitrogens is 1. The molecule has 2 aliphatic rings. The first-order chi connectivity index (χ1) is 13.3. The van der Waals surface area contributed by atoms with E-state index in [0.29, 0.717) is 12.5 Å². The minimum Gasteiger partial charge on any atom is -0.370 e. The lowest BCUT2D eigenvalue weighted by atomic mass is 9.83. The predicted octanol–water partition coefficient (Wildman–Crippen LogP) is 1.19. The summed E-state index contributed by atoms with van der Waals surface area (Å²) in [4.78, 5) is 21.4. The van der Waals surface area contributed by atoms with Gasteiger partial charge >= 0.3 is 0 Å². The summed E-state index contributed by atoms with van der Waals surface area (Å²) in [5, 5.41) is 3.01. The van der Waals surface area contributed by atoms with Gasteiger partial charge in [0.15, 0.2) is 0 Å². The van der Waals surface area contributed by atoms with Crippen LogP contribution in [-0.2, 0) is 28.9 Å². The van der Waals surface area contributed by atoms with Crippen molar-refractivity contribution in [2.24, 2.45) is 5.92 Å². The molecule has 1 fully saturated rings. The molecule has 1 aliphatic carbocycles. The maximum Gasteiger partial charge on any atom is 0.226 e. The van der Waals surface area contributed by atoms with Crippen LogP contribution in [0.5, 0.6) is 0 Å². The van der Waals surface area contributed by atoms with Crippen molar-refractivity contribution in [2.75, 3.05) is 39.4 Å². The van der Waals surface area contributed by atoms with Gasteiger partial charge in [0.1, 0.15) is 18.1 Å². The van der Waals surface area contributed by atoms with Gasteiger partial charge in [-0.2, -0.15) is 0 Å². The molecule has 1 N–H and O–H groups in total. The van der Waals surface area contributed by atoms with Crippen LogP contribution < -0.4 is 4.90 Å². The third kappa shape index (κ3) is 4.75. The maximum absolute atomic E-state index is 13.4. The van der Waals surface area contributed by atoms with Crippen molar-refractivity contribution < 1.29 is 14.4 Å². The Hall–Kier alpha value is -1.76. The lowest BCUT2D eigenvalue weighted by molar-refractivity contribution is -0.907. The average Bonchev–Trinajstić information content (AvgIpc) is 3.24. The molecule has 1 saturated heterocycles. The number of hydrogen-bond donors (Lipinski definition) is 1. The van der Waals surface area contributed by atoms with Crippen molar-refractivity contribution >= 4 is 17.2 Å². The topological polar surface area (TPSA) is 46.9 Å². The Balaban J connectivity index is 1.43. The van der Waals surface area contributed by atoms with Crippen molar-refractivity contribution in [1.29, 1.82) is 0 Å². The number of hydrogen-bond acceptors (Lipinski definition) is 4. The zero-order valence-electron chi connectivity index (χ0n) is 15.7. The van der Waals surface area contributed by atoms with Crippen molar-refractivity contribution in [1.82, 2.24) is 9.88 Å². The molecule has 27 heavy (non-hydrogen) atoms. The van der Waals surface area contributed by atoms with Gasteiger partial charge in [0.05, 0.1) is 32.8 Å². The highest BCUT2D eigenvalue weighted by atomic mass is 32.1. The Bertz CT molecular complexity index is 744. The number of thiazole rings is 1. The zero-order valence-corrected chi connectivity index (χ0v) is 16.5. The van der Waals surface area contributed by atoms with Crippen LogP contribution in [0, 0.1) is 5.92 Å². The molecular formula is C21H28N3O2S+. The van der Waals surface area contributed by atoms with Crippen LogP contribution in [0.4, 0.5) is 0 Å². The third-order valence-electron chi connectivity index (χ3n) is 5.75. The van der Waals surface area contributed by atoms with E-state index >= 15 is 0 Å². The number of carbonyl (C=O) groups excluding carboxylic acids is 1. The first-order valence-corrected chi connectivity index (χ1v) is 10.8. The predicted molar refractivity (Wildman–Crippen MR) is 106 cm³/mol. The normalized spacial score (nSPS) is 20.2. The molecule has 0 unspecified atom stereocenters. The molecule has 0 spiro atoms. The number of morpholine rings is 1. The summed E-state index contributed by atoms with van der Waals surface area (Å²) in [7, 11) is 0. The van der Waals surface area contributed by atoms with E-state index in [9.17, 15) is 4.79 Å². The Morgan fingerprint density at radius 3 is 2.85 bits per heavy atom. The highest BCUT2D eigenvalue weighted by Gasteiger charge is 2.29. The van der Waals surface area contributed by atoms with Gasteiger partial charge in [0.2, 0.25) is 5.91 Å². The SMILES string of the molecule is O=C([C@@H]1CCc2ccccc2C1)N(CC[NH+]1CCOCC1)Cc1nccs1. The summed E-state index contributed by atoms with van der Waals surface area (Å²) >= 11 is 1.63. The van der Waals surface area contributed by atoms with Crippen molar-refractivity contribution in [3.05, 3.63) is 52.0 Å². The molecule has 1 aliphatic heterocycles. The highest BCUT2D eigenvalue weighted by Crippen LogP contribution is 2.27. The maximum atomic E-state index is 13.4. The number of fused-ring (bicyclic) bond motifs is 1. The monoisotopic (exact) mass is 386 g/mol. The van der Waals surface area contributed by atoms with Crippen molar-refractivity contribution in [3.8, 4) is 0 Å². The molecule has 0 radical (unpaired) electrons. The quantitative estimate of drug-likeness (QED) is 0.811. The number of amides is 1. The number of rotatable bonds is 6. The van der Waals surface area contributed by atoms with Gasteiger partial charge in [-0.1, -0.05) is 24.3 Å². The van der Waals surface area contributed by atoms with Gasteiger partial charge in [0.25, 0.3) is 0 Å². The molecular weight excluding hydrogens is 358 g/mol. The number of aromatic nitrogens is 1. The summed E-state index contributed by atoms with van der Waals surface area (Å²) in [5.74, 6) is 0.395. The minimum absolute atomic E-state index is 0.0968. The Morgan fingerprint density at radius 1 is 1.26 bits per heavy atom. The lowest BCUT2D eigenvalue weighted by Gasteiger charge is -2.31. The van der Waals surface area contributed by atoms with Crippen LogP contribution in [0.3, 0.4) is 0 Å². The largest absolute Gasteiger partial charge is 0.370 e. The fraction of sp³-hybridized carbons (Fsp3) is 0.524. The molecule has 144 valence electrons. The standard InChI is InChI=1S/C21H27N3O2S/c25-21(19-6-5-17-3-1-2-4-18(17)15-19)24(16-20-22-7-14-27-20)9-8-23-10-12-26-13-11-23/h1-4,7,14,19H,5-6,8-13,15-16H2/p+1/t19-/m1/s1. The fourth-order valence-electron chi connectivity index (χ4n) is 4.13. The van der Waals surface area contributed by atoms with E-state index in [2.05, 4.69) is 34.1 Å². The Labute approximate surface area is 165 Å². The van der Waals surface area contributed by atoms with E-state index in [4.69, 9.17) is 4.74 Å². The molecule has 0 bridgehead atoms. The first-order valence-electron chi connectivity index (χ1n) is 9.95. The average molecular weight is 387 g/mol. The molecule has 4 rings (SSSR count). The van der Waals surface area contributed by atoms with E-state index in [1.807, 2.05) is 11.6 Å². The van der Waals surface area contributed by atoms with Crippen LogP contribution in [0.1, 0.15) is 22.6 Å². The van der Waals surface area contributed by atoms with E-state index in [1.165, 1.54) is 16.0 Å². The van der Waals surface area contributed by atoms with Crippen LogP contribution in [0.25, 0.3) is 0 Å².